The van der Waals surface area contributed by atoms with Crippen molar-refractivity contribution in [1.29, 1.82) is 0 Å². The molecular formula is C25H27N9. The Kier molecular flexibility index (Phi) is 5.18. The zero-order valence-electron chi connectivity index (χ0n) is 18.9. The Balaban J connectivity index is 1.28. The summed E-state index contributed by atoms with van der Waals surface area (Å²) in [7, 11) is 0. The van der Waals surface area contributed by atoms with Gasteiger partial charge in [-0.25, -0.2) is 0 Å². The molecule has 34 heavy (non-hydrogen) atoms. The molecule has 2 aliphatic rings. The summed E-state index contributed by atoms with van der Waals surface area (Å²) >= 11 is 0. The van der Waals surface area contributed by atoms with E-state index in [0.717, 1.165) is 73.1 Å². The maximum Gasteiger partial charge on any atom is 0.248 e. The van der Waals surface area contributed by atoms with Crippen LogP contribution in [-0.2, 0) is 25.7 Å². The maximum atomic E-state index is 6.22. The van der Waals surface area contributed by atoms with Crippen LogP contribution < -0.4 is 16.8 Å². The highest BCUT2D eigenvalue weighted by Gasteiger charge is 2.20. The van der Waals surface area contributed by atoms with E-state index in [4.69, 9.17) is 11.5 Å². The minimum Gasteiger partial charge on any atom is -0.368 e. The van der Waals surface area contributed by atoms with Crippen molar-refractivity contribution in [2.45, 2.75) is 51.0 Å². The van der Waals surface area contributed by atoms with Gasteiger partial charge in [-0.05, 0) is 92.0 Å². The highest BCUT2D eigenvalue weighted by Crippen LogP contribution is 2.30. The molecule has 3 heterocycles. The zero-order valence-corrected chi connectivity index (χ0v) is 18.9. The van der Waals surface area contributed by atoms with Crippen molar-refractivity contribution in [3.8, 4) is 17.1 Å². The van der Waals surface area contributed by atoms with E-state index < -0.39 is 0 Å². The number of rotatable bonds is 3. The van der Waals surface area contributed by atoms with E-state index in [9.17, 15) is 0 Å². The number of nitrogens with one attached hydrogen (secondary N) is 1. The normalized spacial score (nSPS) is 17.1. The lowest BCUT2D eigenvalue weighted by Crippen LogP contribution is -2.19. The number of anilines is 3. The van der Waals surface area contributed by atoms with Crippen LogP contribution in [0.15, 0.2) is 42.6 Å². The molecule has 0 unspecified atom stereocenters. The van der Waals surface area contributed by atoms with E-state index in [1.807, 2.05) is 18.3 Å². The van der Waals surface area contributed by atoms with Crippen molar-refractivity contribution in [1.82, 2.24) is 29.9 Å². The number of benzene rings is 1. The predicted molar refractivity (Wildman–Crippen MR) is 131 cm³/mol. The Morgan fingerprint density at radius 1 is 0.941 bits per heavy atom. The van der Waals surface area contributed by atoms with Crippen LogP contribution in [0.2, 0.25) is 0 Å². The summed E-state index contributed by atoms with van der Waals surface area (Å²) in [6, 6.07) is 12.7. The number of pyridine rings is 1. The first kappa shape index (κ1) is 20.7. The number of aromatic nitrogens is 6. The lowest BCUT2D eigenvalue weighted by molar-refractivity contribution is 0.589. The highest BCUT2D eigenvalue weighted by atomic mass is 15.4. The van der Waals surface area contributed by atoms with Gasteiger partial charge in [0.15, 0.2) is 5.82 Å². The molecule has 4 aromatic rings. The van der Waals surface area contributed by atoms with E-state index in [2.05, 4.69) is 54.8 Å². The summed E-state index contributed by atoms with van der Waals surface area (Å²) in [5.74, 6) is 1.24. The van der Waals surface area contributed by atoms with Crippen LogP contribution in [0.3, 0.4) is 0 Å². The van der Waals surface area contributed by atoms with Crippen LogP contribution in [0.5, 0.6) is 0 Å². The lowest BCUT2D eigenvalue weighted by atomic mass is 10.0. The first-order chi connectivity index (χ1) is 16.6. The van der Waals surface area contributed by atoms with Gasteiger partial charge in [-0.3, -0.25) is 4.98 Å². The number of nitrogen functional groups attached to an aromatic ring is 1. The van der Waals surface area contributed by atoms with Gasteiger partial charge in [0.05, 0.1) is 5.69 Å². The third kappa shape index (κ3) is 3.88. The molecule has 0 spiro atoms. The average molecular weight is 454 g/mol. The van der Waals surface area contributed by atoms with Gasteiger partial charge in [-0.2, -0.15) is 9.67 Å². The third-order valence-electron chi connectivity index (χ3n) is 6.75. The Bertz CT molecular complexity index is 1360. The number of nitrogens with zero attached hydrogens (tertiary/aromatic N) is 6. The molecule has 3 aromatic heterocycles. The zero-order chi connectivity index (χ0) is 23.1. The molecule has 2 aliphatic carbocycles. The lowest BCUT2D eigenvalue weighted by Gasteiger charge is -2.09. The Morgan fingerprint density at radius 3 is 2.74 bits per heavy atom. The van der Waals surface area contributed by atoms with Crippen molar-refractivity contribution in [2.24, 2.45) is 5.73 Å². The maximum absolute atomic E-state index is 6.22. The van der Waals surface area contributed by atoms with Gasteiger partial charge in [0.1, 0.15) is 0 Å². The summed E-state index contributed by atoms with van der Waals surface area (Å²) in [6.45, 7) is 0. The van der Waals surface area contributed by atoms with Gasteiger partial charge in [0, 0.05) is 29.2 Å². The van der Waals surface area contributed by atoms with Gasteiger partial charge in [0.2, 0.25) is 11.9 Å². The fourth-order valence-corrected chi connectivity index (χ4v) is 4.92. The third-order valence-corrected chi connectivity index (χ3v) is 6.75. The van der Waals surface area contributed by atoms with Crippen molar-refractivity contribution >= 4 is 17.6 Å². The van der Waals surface area contributed by atoms with E-state index >= 15 is 0 Å². The topological polar surface area (TPSA) is 133 Å². The summed E-state index contributed by atoms with van der Waals surface area (Å²) < 4.78 is 1.53. The molecule has 6 rings (SSSR count). The largest absolute Gasteiger partial charge is 0.368 e. The number of fused-ring (bicyclic) bond motifs is 4. The van der Waals surface area contributed by atoms with Gasteiger partial charge >= 0.3 is 0 Å². The minimum absolute atomic E-state index is 0.258. The highest BCUT2D eigenvalue weighted by molar-refractivity contribution is 5.67. The number of hydrogen-bond donors (Lipinski definition) is 3. The fourth-order valence-electron chi connectivity index (χ4n) is 4.92. The molecule has 5 N–H and O–H groups in total. The first-order valence-corrected chi connectivity index (χ1v) is 11.8. The molecule has 1 aromatic carbocycles. The van der Waals surface area contributed by atoms with Gasteiger partial charge in [-0.1, -0.05) is 6.07 Å². The molecule has 0 amide bonds. The summed E-state index contributed by atoms with van der Waals surface area (Å²) in [5, 5.41) is 16.8. The monoisotopic (exact) mass is 453 g/mol. The van der Waals surface area contributed by atoms with E-state index in [1.54, 1.807) is 0 Å². The molecule has 0 saturated heterocycles. The standard InChI is InChI=1S/C25H27N9/c26-18-9-6-15-8-11-19(13-16(15)7-10-18)29-25-30-24(27)34(33-25)22-14-17-3-1-5-21-20(4-2-12-28-21)23(17)32-31-22/h2,4,8,11-14,18H,1,3,5-7,9-10,26H2,(H3,27,29,30,33)/t18-/m0/s1. The predicted octanol–water partition coefficient (Wildman–Crippen LogP) is 3.14. The van der Waals surface area contributed by atoms with Gasteiger partial charge in [0.25, 0.3) is 0 Å². The summed E-state index contributed by atoms with van der Waals surface area (Å²) in [4.78, 5) is 8.93. The fraction of sp³-hybridized carbons (Fsp3) is 0.320. The molecule has 172 valence electrons. The van der Waals surface area contributed by atoms with Gasteiger partial charge < -0.3 is 16.8 Å². The van der Waals surface area contributed by atoms with Crippen molar-refractivity contribution in [3.05, 3.63) is 65.0 Å². The SMILES string of the molecule is Nc1nc(Nc2ccc3c(c2)CC[C@@H](N)CC3)nn1-c1cc2c(nn1)-c1cccnc1CCC2. The quantitative estimate of drug-likeness (QED) is 0.403. The summed E-state index contributed by atoms with van der Waals surface area (Å²) in [5.41, 5.74) is 20.1. The number of hydrogen-bond acceptors (Lipinski definition) is 8. The molecule has 0 bridgehead atoms. The number of nitrogens with two attached hydrogens (primary N) is 2. The van der Waals surface area contributed by atoms with Crippen LogP contribution in [0.1, 0.15) is 41.6 Å². The molecule has 0 fully saturated rings. The Hall–Kier alpha value is -3.85. The molecule has 9 nitrogen and oxygen atoms in total. The molecule has 0 saturated carbocycles. The number of aryl methyl sites for hydroxylation is 4. The molecule has 0 aliphatic heterocycles. The van der Waals surface area contributed by atoms with Crippen molar-refractivity contribution < 1.29 is 0 Å². The van der Waals surface area contributed by atoms with E-state index in [1.165, 1.54) is 15.8 Å². The molecular weight excluding hydrogens is 426 g/mol. The van der Waals surface area contributed by atoms with E-state index in [-0.39, 0.29) is 12.0 Å². The minimum atomic E-state index is 0.258. The Morgan fingerprint density at radius 2 is 1.82 bits per heavy atom. The van der Waals surface area contributed by atoms with Crippen LogP contribution in [-0.4, -0.2) is 36.0 Å². The average Bonchev–Trinajstić information content (AvgIpc) is 3.00. The van der Waals surface area contributed by atoms with Gasteiger partial charge in [-0.15, -0.1) is 15.3 Å². The van der Waals surface area contributed by atoms with Crippen LogP contribution in [0.4, 0.5) is 17.6 Å². The van der Waals surface area contributed by atoms with Crippen LogP contribution in [0.25, 0.3) is 17.1 Å². The summed E-state index contributed by atoms with van der Waals surface area (Å²) in [6.07, 6.45) is 8.70. The van der Waals surface area contributed by atoms with Crippen LogP contribution >= 0.6 is 0 Å². The first-order valence-electron chi connectivity index (χ1n) is 11.8. The van der Waals surface area contributed by atoms with E-state index in [0.29, 0.717) is 11.8 Å². The second kappa shape index (κ2) is 8.49. The molecule has 0 radical (unpaired) electrons. The molecule has 9 heteroatoms. The second-order valence-electron chi connectivity index (χ2n) is 9.08. The van der Waals surface area contributed by atoms with Crippen LogP contribution in [0, 0.1) is 0 Å². The molecule has 1 atom stereocenters. The smallest absolute Gasteiger partial charge is 0.248 e. The van der Waals surface area contributed by atoms with Crippen molar-refractivity contribution in [3.63, 3.8) is 0 Å². The van der Waals surface area contributed by atoms with Crippen molar-refractivity contribution in [2.75, 3.05) is 11.1 Å². The second-order valence-corrected chi connectivity index (χ2v) is 9.08. The Labute approximate surface area is 197 Å².